The Bertz CT molecular complexity index is 1840. The number of nitrogen functional groups attached to an aromatic ring is 1. The van der Waals surface area contributed by atoms with Gasteiger partial charge in [0, 0.05) is 50.7 Å². The van der Waals surface area contributed by atoms with Crippen molar-refractivity contribution in [2.24, 2.45) is 0 Å². The van der Waals surface area contributed by atoms with E-state index in [9.17, 15) is 10.0 Å². The van der Waals surface area contributed by atoms with Crippen LogP contribution < -0.4 is 15.8 Å². The SMILES string of the molecule is C#Cc1c(-c2cnc3ccccc3c2)c2c(N)ncnc2n1C12CCC(NC(=O)c3cccc[n+]3O)(CC1)C2. The van der Waals surface area contributed by atoms with Crippen LogP contribution in [0.3, 0.4) is 0 Å². The number of benzene rings is 1. The molecule has 0 aliphatic heterocycles. The van der Waals surface area contributed by atoms with Crippen LogP contribution in [0.25, 0.3) is 33.1 Å². The van der Waals surface area contributed by atoms with Crippen LogP contribution in [0.1, 0.15) is 48.3 Å². The first-order chi connectivity index (χ1) is 18.9. The van der Waals surface area contributed by atoms with Crippen molar-refractivity contribution in [3.05, 3.63) is 78.6 Å². The number of para-hydroxylation sites is 1. The molecule has 9 nitrogen and oxygen atoms in total. The summed E-state index contributed by atoms with van der Waals surface area (Å²) < 4.78 is 3.02. The van der Waals surface area contributed by atoms with Crippen LogP contribution >= 0.6 is 0 Å². The molecule has 0 atom stereocenters. The Hall–Kier alpha value is -4.97. The number of anilines is 1. The minimum absolute atomic E-state index is 0.193. The zero-order valence-corrected chi connectivity index (χ0v) is 21.1. The number of carbonyl (C=O) groups is 1. The molecular formula is C30H26N7O2+. The minimum Gasteiger partial charge on any atom is -0.383 e. The lowest BCUT2D eigenvalue weighted by Gasteiger charge is -2.30. The highest BCUT2D eigenvalue weighted by Crippen LogP contribution is 2.57. The number of nitrogens with two attached hydrogens (primary N) is 1. The van der Waals surface area contributed by atoms with Crippen LogP contribution in [-0.4, -0.2) is 36.2 Å². The van der Waals surface area contributed by atoms with Crippen molar-refractivity contribution in [1.82, 2.24) is 24.8 Å². The van der Waals surface area contributed by atoms with E-state index in [1.54, 1.807) is 18.2 Å². The van der Waals surface area contributed by atoms with Gasteiger partial charge in [0.1, 0.15) is 23.5 Å². The largest absolute Gasteiger partial charge is 0.383 e. The fourth-order valence-electron chi connectivity index (χ4n) is 6.79. The van der Waals surface area contributed by atoms with E-state index in [1.165, 1.54) is 12.5 Å². The van der Waals surface area contributed by atoms with E-state index in [0.29, 0.717) is 23.6 Å². The summed E-state index contributed by atoms with van der Waals surface area (Å²) in [5.41, 5.74) is 9.84. The number of amides is 1. The first kappa shape index (κ1) is 23.2. The molecule has 1 aromatic carbocycles. The number of terminal acetylenes is 1. The first-order valence-corrected chi connectivity index (χ1v) is 12.9. The molecule has 9 heteroatoms. The molecule has 39 heavy (non-hydrogen) atoms. The quantitative estimate of drug-likeness (QED) is 0.191. The molecule has 2 aliphatic rings. The number of nitrogens with zero attached hydrogens (tertiary/aromatic N) is 5. The number of aromatic nitrogens is 5. The number of nitrogens with one attached hydrogen (secondary N) is 1. The minimum atomic E-state index is -0.411. The van der Waals surface area contributed by atoms with E-state index in [-0.39, 0.29) is 17.1 Å². The molecule has 2 fully saturated rings. The smallest absolute Gasteiger partial charge is 0.321 e. The van der Waals surface area contributed by atoms with E-state index in [1.807, 2.05) is 30.5 Å². The highest BCUT2D eigenvalue weighted by Gasteiger charge is 2.57. The van der Waals surface area contributed by atoms with Gasteiger partial charge in [-0.15, -0.1) is 6.42 Å². The van der Waals surface area contributed by atoms with Gasteiger partial charge in [0.15, 0.2) is 0 Å². The molecule has 192 valence electrons. The van der Waals surface area contributed by atoms with Gasteiger partial charge in [-0.2, -0.15) is 0 Å². The first-order valence-electron chi connectivity index (χ1n) is 12.9. The Morgan fingerprint density at radius 2 is 1.90 bits per heavy atom. The predicted molar refractivity (Wildman–Crippen MR) is 146 cm³/mol. The molecule has 1 amide bonds. The van der Waals surface area contributed by atoms with Gasteiger partial charge in [0.25, 0.3) is 0 Å². The van der Waals surface area contributed by atoms with Crippen molar-refractivity contribution in [1.29, 1.82) is 0 Å². The number of pyridine rings is 2. The maximum absolute atomic E-state index is 13.1. The van der Waals surface area contributed by atoms with Crippen LogP contribution in [0, 0.1) is 12.3 Å². The molecule has 5 aromatic rings. The van der Waals surface area contributed by atoms with Crippen LogP contribution in [-0.2, 0) is 5.54 Å². The van der Waals surface area contributed by atoms with Gasteiger partial charge in [-0.3, -0.25) is 15.0 Å². The second-order valence-electron chi connectivity index (χ2n) is 10.6. The summed E-state index contributed by atoms with van der Waals surface area (Å²) in [6.45, 7) is 0. The molecular weight excluding hydrogens is 490 g/mol. The van der Waals surface area contributed by atoms with Crippen LogP contribution in [0.2, 0.25) is 0 Å². The summed E-state index contributed by atoms with van der Waals surface area (Å²) in [7, 11) is 0. The fraction of sp³-hybridized carbons (Fsp3) is 0.233. The Labute approximate surface area is 224 Å². The molecule has 0 unspecified atom stereocenters. The van der Waals surface area contributed by atoms with Crippen LogP contribution in [0.4, 0.5) is 5.82 Å². The number of rotatable bonds is 4. The van der Waals surface area contributed by atoms with Gasteiger partial charge in [-0.25, -0.2) is 9.97 Å². The third-order valence-corrected chi connectivity index (χ3v) is 8.52. The Balaban J connectivity index is 1.36. The van der Waals surface area contributed by atoms with Crippen molar-refractivity contribution in [3.63, 3.8) is 0 Å². The van der Waals surface area contributed by atoms with Crippen molar-refractivity contribution < 1.29 is 14.7 Å². The predicted octanol–water partition coefficient (Wildman–Crippen LogP) is 3.58. The topological polar surface area (TPSA) is 123 Å². The van der Waals surface area contributed by atoms with Crippen molar-refractivity contribution >= 4 is 33.7 Å². The van der Waals surface area contributed by atoms with Gasteiger partial charge in [0.05, 0.1) is 10.9 Å². The third-order valence-electron chi connectivity index (χ3n) is 8.52. The van der Waals surface area contributed by atoms with E-state index in [2.05, 4.69) is 31.8 Å². The van der Waals surface area contributed by atoms with E-state index in [0.717, 1.165) is 57.8 Å². The Morgan fingerprint density at radius 3 is 2.69 bits per heavy atom. The summed E-state index contributed by atoms with van der Waals surface area (Å²) >= 11 is 0. The summed E-state index contributed by atoms with van der Waals surface area (Å²) in [4.78, 5) is 26.8. The highest BCUT2D eigenvalue weighted by atomic mass is 16.5. The number of hydrogen-bond acceptors (Lipinski definition) is 6. The summed E-state index contributed by atoms with van der Waals surface area (Å²) in [6, 6.07) is 15.0. The summed E-state index contributed by atoms with van der Waals surface area (Å²) in [6.07, 6.45) is 14.9. The molecule has 2 bridgehead atoms. The lowest BCUT2D eigenvalue weighted by atomic mass is 9.90. The lowest BCUT2D eigenvalue weighted by Crippen LogP contribution is -2.49. The maximum atomic E-state index is 13.1. The third kappa shape index (κ3) is 3.38. The maximum Gasteiger partial charge on any atom is 0.321 e. The lowest BCUT2D eigenvalue weighted by molar-refractivity contribution is -0.905. The van der Waals surface area contributed by atoms with Gasteiger partial charge >= 0.3 is 11.6 Å². The Kier molecular flexibility index (Phi) is 4.91. The second-order valence-corrected chi connectivity index (χ2v) is 10.6. The molecule has 0 spiro atoms. The molecule has 0 radical (unpaired) electrons. The van der Waals surface area contributed by atoms with Crippen LogP contribution in [0.15, 0.2) is 67.3 Å². The van der Waals surface area contributed by atoms with Crippen molar-refractivity contribution in [3.8, 4) is 23.5 Å². The van der Waals surface area contributed by atoms with Gasteiger partial charge in [-0.05, 0) is 50.3 Å². The molecule has 2 aliphatic carbocycles. The van der Waals surface area contributed by atoms with Crippen molar-refractivity contribution in [2.45, 2.75) is 43.2 Å². The second kappa shape index (κ2) is 8.27. The van der Waals surface area contributed by atoms with Gasteiger partial charge in [-0.1, -0.05) is 24.1 Å². The molecule has 4 N–H and O–H groups in total. The van der Waals surface area contributed by atoms with Crippen LogP contribution in [0.5, 0.6) is 0 Å². The van der Waals surface area contributed by atoms with Crippen molar-refractivity contribution in [2.75, 3.05) is 5.73 Å². The molecule has 2 saturated carbocycles. The van der Waals surface area contributed by atoms with Gasteiger partial charge in [0.2, 0.25) is 6.20 Å². The summed E-state index contributed by atoms with van der Waals surface area (Å²) in [5.74, 6) is 3.01. The number of carbonyl (C=O) groups excluding carboxylic acids is 1. The van der Waals surface area contributed by atoms with Gasteiger partial charge < -0.3 is 15.6 Å². The van der Waals surface area contributed by atoms with E-state index < -0.39 is 5.54 Å². The molecule has 4 aromatic heterocycles. The summed E-state index contributed by atoms with van der Waals surface area (Å²) in [5, 5.41) is 15.1. The van der Waals surface area contributed by atoms with E-state index in [4.69, 9.17) is 17.1 Å². The monoisotopic (exact) mass is 516 g/mol. The average molecular weight is 517 g/mol. The Morgan fingerprint density at radius 1 is 1.10 bits per heavy atom. The zero-order valence-electron chi connectivity index (χ0n) is 21.1. The molecule has 0 saturated heterocycles. The standard InChI is InChI=1S/C30H25N7O2/c1-2-22-24(20-15-19-7-3-4-8-21(19)32-16-20)25-26(31)33-18-34-27(25)37(22)30-12-10-29(17-30,11-13-30)35-28(38)23-9-5-6-14-36(23)39/h1,3-9,14-16,18H,10-13,17H2,(H3-,31,33,34,35,38,39)/p+1. The highest BCUT2D eigenvalue weighted by molar-refractivity contribution is 6.04. The zero-order chi connectivity index (χ0) is 26.8. The fourth-order valence-corrected chi connectivity index (χ4v) is 6.79. The van der Waals surface area contributed by atoms with E-state index >= 15 is 0 Å². The number of fused-ring (bicyclic) bond motifs is 4. The average Bonchev–Trinajstić information content (AvgIpc) is 3.61. The normalized spacial score (nSPS) is 21.8. The molecule has 4 heterocycles. The number of hydrogen-bond donors (Lipinski definition) is 3. The molecule has 7 rings (SSSR count).